The number of benzene rings is 1. The minimum atomic E-state index is 0.404. The smallest absolute Gasteiger partial charge is 0.340 e. The lowest BCUT2D eigenvalue weighted by Gasteiger charge is -2.05. The maximum Gasteiger partial charge on any atom is 0.340 e. The van der Waals surface area contributed by atoms with Gasteiger partial charge in [-0.3, -0.25) is 0 Å². The first-order valence-electron chi connectivity index (χ1n) is 5.03. The second-order valence-corrected chi connectivity index (χ2v) is 3.16. The van der Waals surface area contributed by atoms with Crippen LogP contribution in [0.2, 0.25) is 0 Å². The molecule has 0 amide bonds. The van der Waals surface area contributed by atoms with E-state index in [4.69, 9.17) is 4.74 Å². The van der Waals surface area contributed by atoms with Crippen LogP contribution in [0.1, 0.15) is 0 Å². The Kier molecular flexibility index (Phi) is 3.45. The summed E-state index contributed by atoms with van der Waals surface area (Å²) in [5.74, 6) is 0. The van der Waals surface area contributed by atoms with E-state index in [0.29, 0.717) is 12.6 Å². The summed E-state index contributed by atoms with van der Waals surface area (Å²) in [5, 5.41) is 14.3. The minimum Gasteiger partial charge on any atom is -0.461 e. The monoisotopic (exact) mass is 219 g/mol. The molecule has 0 aliphatic carbocycles. The summed E-state index contributed by atoms with van der Waals surface area (Å²) in [6, 6.07) is 10.0. The topological polar surface area (TPSA) is 64.9 Å². The van der Waals surface area contributed by atoms with Crippen LogP contribution < -0.4 is 10.1 Å². The number of nitrogens with one attached hydrogen (secondary N) is 1. The van der Waals surface area contributed by atoms with E-state index in [9.17, 15) is 0 Å². The van der Waals surface area contributed by atoms with Gasteiger partial charge >= 0.3 is 6.01 Å². The Labute approximate surface area is 93.2 Å². The lowest BCUT2D eigenvalue weighted by molar-refractivity contribution is 0.286. The first kappa shape index (κ1) is 10.6. The molecule has 6 nitrogen and oxygen atoms in total. The zero-order valence-corrected chi connectivity index (χ0v) is 9.00. The van der Waals surface area contributed by atoms with E-state index in [1.807, 2.05) is 37.4 Å². The van der Waals surface area contributed by atoms with E-state index in [-0.39, 0.29) is 0 Å². The fraction of sp³-hybridized carbons (Fsp3) is 0.300. The molecule has 84 valence electrons. The molecule has 6 heteroatoms. The largest absolute Gasteiger partial charge is 0.461 e. The van der Waals surface area contributed by atoms with Gasteiger partial charge in [0, 0.05) is 6.54 Å². The third-order valence-corrected chi connectivity index (χ3v) is 2.02. The van der Waals surface area contributed by atoms with Crippen LogP contribution in [0.3, 0.4) is 0 Å². The number of ether oxygens (including phenoxy) is 1. The van der Waals surface area contributed by atoms with Crippen LogP contribution in [-0.2, 0) is 0 Å². The van der Waals surface area contributed by atoms with Crippen molar-refractivity contribution in [3.05, 3.63) is 30.3 Å². The van der Waals surface area contributed by atoms with Crippen molar-refractivity contribution in [1.29, 1.82) is 0 Å². The molecule has 1 N–H and O–H groups in total. The van der Waals surface area contributed by atoms with Crippen LogP contribution in [-0.4, -0.2) is 40.4 Å². The van der Waals surface area contributed by atoms with Gasteiger partial charge in [0.1, 0.15) is 6.61 Å². The summed E-state index contributed by atoms with van der Waals surface area (Å²) in [6.45, 7) is 1.28. The van der Waals surface area contributed by atoms with E-state index in [0.717, 1.165) is 12.2 Å². The molecule has 1 aromatic heterocycles. The molecule has 2 rings (SSSR count). The second-order valence-electron chi connectivity index (χ2n) is 3.16. The molecule has 0 bridgehead atoms. The van der Waals surface area contributed by atoms with Gasteiger partial charge in [-0.25, -0.2) is 0 Å². The van der Waals surface area contributed by atoms with Crippen LogP contribution >= 0.6 is 0 Å². The summed E-state index contributed by atoms with van der Waals surface area (Å²) >= 11 is 0. The third-order valence-electron chi connectivity index (χ3n) is 2.02. The predicted octanol–water partition coefficient (Wildman–Crippen LogP) is 0.260. The normalized spacial score (nSPS) is 10.3. The number of hydrogen-bond donors (Lipinski definition) is 1. The highest BCUT2D eigenvalue weighted by Crippen LogP contribution is 2.11. The number of likely N-dealkylation sites (N-methyl/N-ethyl adjacent to an activating group) is 1. The Hall–Kier alpha value is -1.95. The Morgan fingerprint density at radius 1 is 1.31 bits per heavy atom. The lowest BCUT2D eigenvalue weighted by Crippen LogP contribution is -2.17. The highest BCUT2D eigenvalue weighted by Gasteiger charge is 2.08. The molecule has 0 unspecified atom stereocenters. The van der Waals surface area contributed by atoms with Gasteiger partial charge in [-0.05, 0) is 29.6 Å². The molecule has 0 aliphatic heterocycles. The van der Waals surface area contributed by atoms with Crippen molar-refractivity contribution in [2.45, 2.75) is 0 Å². The molecule has 0 atom stereocenters. The molecule has 0 aliphatic rings. The number of hydrogen-bond acceptors (Lipinski definition) is 5. The summed E-state index contributed by atoms with van der Waals surface area (Å²) in [4.78, 5) is 0. The maximum absolute atomic E-state index is 5.44. The average Bonchev–Trinajstić information content (AvgIpc) is 2.79. The highest BCUT2D eigenvalue weighted by molar-refractivity contribution is 5.31. The van der Waals surface area contributed by atoms with Gasteiger partial charge in [0.15, 0.2) is 0 Å². The van der Waals surface area contributed by atoms with Crippen molar-refractivity contribution < 1.29 is 4.74 Å². The Bertz CT molecular complexity index is 428. The lowest BCUT2D eigenvalue weighted by atomic mass is 10.3. The average molecular weight is 219 g/mol. The number of tetrazole rings is 1. The van der Waals surface area contributed by atoms with Crippen LogP contribution in [0.25, 0.3) is 5.69 Å². The van der Waals surface area contributed by atoms with Gasteiger partial charge in [-0.15, -0.1) is 0 Å². The predicted molar refractivity (Wildman–Crippen MR) is 58.6 cm³/mol. The summed E-state index contributed by atoms with van der Waals surface area (Å²) in [7, 11) is 1.86. The van der Waals surface area contributed by atoms with Gasteiger partial charge in [0.2, 0.25) is 0 Å². The van der Waals surface area contributed by atoms with E-state index in [1.54, 1.807) is 4.68 Å². The molecule has 16 heavy (non-hydrogen) atoms. The summed E-state index contributed by atoms with van der Waals surface area (Å²) in [5.41, 5.74) is 0.881. The van der Waals surface area contributed by atoms with Gasteiger partial charge in [0.25, 0.3) is 0 Å². The van der Waals surface area contributed by atoms with Crippen molar-refractivity contribution in [1.82, 2.24) is 25.5 Å². The fourth-order valence-electron chi connectivity index (χ4n) is 1.24. The molecule has 0 fully saturated rings. The van der Waals surface area contributed by atoms with E-state index < -0.39 is 0 Å². The van der Waals surface area contributed by atoms with Gasteiger partial charge in [-0.1, -0.05) is 23.3 Å². The maximum atomic E-state index is 5.44. The molecular weight excluding hydrogens is 206 g/mol. The number of aromatic nitrogens is 4. The van der Waals surface area contributed by atoms with Crippen LogP contribution in [0.15, 0.2) is 30.3 Å². The molecule has 1 heterocycles. The summed E-state index contributed by atoms with van der Waals surface area (Å²) < 4.78 is 7.00. The molecule has 0 saturated heterocycles. The fourth-order valence-corrected chi connectivity index (χ4v) is 1.24. The molecule has 0 radical (unpaired) electrons. The number of rotatable bonds is 5. The standard InChI is InChI=1S/C10H13N5O/c1-11-7-8-16-10-12-13-14-15(10)9-5-3-2-4-6-9/h2-6,11H,7-8H2,1H3. The van der Waals surface area contributed by atoms with E-state index >= 15 is 0 Å². The summed E-state index contributed by atoms with van der Waals surface area (Å²) in [6.07, 6.45) is 0. The first-order valence-corrected chi connectivity index (χ1v) is 5.03. The Morgan fingerprint density at radius 2 is 2.12 bits per heavy atom. The molecule has 0 saturated carbocycles. The molecular formula is C10H13N5O. The SMILES string of the molecule is CNCCOc1nnnn1-c1ccccc1. The second kappa shape index (κ2) is 5.22. The highest BCUT2D eigenvalue weighted by atomic mass is 16.5. The van der Waals surface area contributed by atoms with Gasteiger partial charge in [0.05, 0.1) is 5.69 Å². The Morgan fingerprint density at radius 3 is 2.88 bits per heavy atom. The molecule has 1 aromatic carbocycles. The van der Waals surface area contributed by atoms with E-state index in [2.05, 4.69) is 20.8 Å². The molecule has 0 spiro atoms. The van der Waals surface area contributed by atoms with Crippen LogP contribution in [0.4, 0.5) is 0 Å². The number of nitrogens with zero attached hydrogens (tertiary/aromatic N) is 4. The Balaban J connectivity index is 2.13. The number of para-hydroxylation sites is 1. The van der Waals surface area contributed by atoms with Crippen molar-refractivity contribution in [2.75, 3.05) is 20.2 Å². The minimum absolute atomic E-state index is 0.404. The van der Waals surface area contributed by atoms with Crippen molar-refractivity contribution in [3.63, 3.8) is 0 Å². The van der Waals surface area contributed by atoms with Crippen LogP contribution in [0.5, 0.6) is 6.01 Å². The quantitative estimate of drug-likeness (QED) is 0.731. The zero-order chi connectivity index (χ0) is 11.2. The van der Waals surface area contributed by atoms with Gasteiger partial charge in [-0.2, -0.15) is 4.68 Å². The van der Waals surface area contributed by atoms with E-state index in [1.165, 1.54) is 0 Å². The van der Waals surface area contributed by atoms with Crippen molar-refractivity contribution in [2.24, 2.45) is 0 Å². The van der Waals surface area contributed by atoms with Crippen molar-refractivity contribution in [3.8, 4) is 11.7 Å². The van der Waals surface area contributed by atoms with Crippen LogP contribution in [0, 0.1) is 0 Å². The molecule has 2 aromatic rings. The van der Waals surface area contributed by atoms with Gasteiger partial charge < -0.3 is 10.1 Å². The zero-order valence-electron chi connectivity index (χ0n) is 9.00. The van der Waals surface area contributed by atoms with Crippen molar-refractivity contribution >= 4 is 0 Å². The third kappa shape index (κ3) is 2.34. The first-order chi connectivity index (χ1) is 7.92.